The lowest BCUT2D eigenvalue weighted by atomic mass is 10.2. The van der Waals surface area contributed by atoms with Crippen molar-refractivity contribution < 1.29 is 18.0 Å². The first kappa shape index (κ1) is 18.3. The summed E-state index contributed by atoms with van der Waals surface area (Å²) in [5, 5.41) is 2.73. The van der Waals surface area contributed by atoms with Crippen LogP contribution in [0.15, 0.2) is 24.3 Å². The van der Waals surface area contributed by atoms with Crippen LogP contribution in [0.5, 0.6) is 0 Å². The van der Waals surface area contributed by atoms with E-state index in [1.165, 1.54) is 4.31 Å². The smallest absolute Gasteiger partial charge is 0.242 e. The SMILES string of the molecule is O=C(NCCS(=O)(=O)N1CCc2ccccc21)C1CCCN1C(=O)C1CC1. The van der Waals surface area contributed by atoms with Gasteiger partial charge < -0.3 is 10.2 Å². The summed E-state index contributed by atoms with van der Waals surface area (Å²) >= 11 is 0. The summed E-state index contributed by atoms with van der Waals surface area (Å²) in [4.78, 5) is 26.5. The molecule has 8 heteroatoms. The van der Waals surface area contributed by atoms with Gasteiger partial charge >= 0.3 is 0 Å². The third-order valence-electron chi connectivity index (χ3n) is 5.60. The number of hydrogen-bond acceptors (Lipinski definition) is 4. The predicted molar refractivity (Wildman–Crippen MR) is 102 cm³/mol. The van der Waals surface area contributed by atoms with Crippen molar-refractivity contribution in [1.82, 2.24) is 10.2 Å². The summed E-state index contributed by atoms with van der Waals surface area (Å²) in [6.07, 6.45) is 4.01. The molecule has 1 aromatic carbocycles. The van der Waals surface area contributed by atoms with Crippen LogP contribution < -0.4 is 9.62 Å². The van der Waals surface area contributed by atoms with Gasteiger partial charge in [-0.2, -0.15) is 0 Å². The van der Waals surface area contributed by atoms with Crippen molar-refractivity contribution >= 4 is 27.5 Å². The number of hydrogen-bond donors (Lipinski definition) is 1. The lowest BCUT2D eigenvalue weighted by Gasteiger charge is -2.24. The quantitative estimate of drug-likeness (QED) is 0.780. The van der Waals surface area contributed by atoms with E-state index in [1.54, 1.807) is 4.90 Å². The molecule has 2 heterocycles. The van der Waals surface area contributed by atoms with Gasteiger partial charge in [-0.15, -0.1) is 0 Å². The van der Waals surface area contributed by atoms with Crippen LogP contribution in [0.4, 0.5) is 5.69 Å². The van der Waals surface area contributed by atoms with Crippen LogP contribution in [0.3, 0.4) is 0 Å². The Hall–Kier alpha value is -2.09. The maximum atomic E-state index is 12.7. The Morgan fingerprint density at radius 2 is 1.89 bits per heavy atom. The first-order valence-corrected chi connectivity index (χ1v) is 11.2. The topological polar surface area (TPSA) is 86.8 Å². The number of likely N-dealkylation sites (tertiary alicyclic amines) is 1. The Balaban J connectivity index is 1.32. The molecule has 0 radical (unpaired) electrons. The number of benzene rings is 1. The summed E-state index contributed by atoms with van der Waals surface area (Å²) in [5.41, 5.74) is 1.77. The van der Waals surface area contributed by atoms with Crippen LogP contribution in [0.25, 0.3) is 0 Å². The minimum absolute atomic E-state index is 0.0573. The summed E-state index contributed by atoms with van der Waals surface area (Å²) in [7, 11) is -3.49. The molecule has 27 heavy (non-hydrogen) atoms. The van der Waals surface area contributed by atoms with Gasteiger partial charge in [-0.3, -0.25) is 13.9 Å². The van der Waals surface area contributed by atoms with Crippen molar-refractivity contribution in [2.75, 3.05) is 29.7 Å². The molecule has 2 amide bonds. The minimum atomic E-state index is -3.49. The standard InChI is InChI=1S/C19H25N3O4S/c23-18(17-6-3-11-21(17)19(24)15-7-8-15)20-10-13-27(25,26)22-12-9-14-4-1-2-5-16(14)22/h1-2,4-5,15,17H,3,6-13H2,(H,20,23). The van der Waals surface area contributed by atoms with Crippen LogP contribution >= 0.6 is 0 Å². The molecule has 3 aliphatic rings. The van der Waals surface area contributed by atoms with Gasteiger partial charge in [0.25, 0.3) is 0 Å². The Morgan fingerprint density at radius 3 is 2.67 bits per heavy atom. The normalized spacial score (nSPS) is 22.0. The van der Waals surface area contributed by atoms with E-state index < -0.39 is 16.1 Å². The van der Waals surface area contributed by atoms with E-state index >= 15 is 0 Å². The molecule has 1 aliphatic carbocycles. The zero-order valence-electron chi connectivity index (χ0n) is 15.3. The Kier molecular flexibility index (Phi) is 4.84. The molecule has 0 bridgehead atoms. The summed E-state index contributed by atoms with van der Waals surface area (Å²) < 4.78 is 26.8. The van der Waals surface area contributed by atoms with Gasteiger partial charge in [0.1, 0.15) is 6.04 Å². The molecule has 1 aromatic rings. The number of nitrogens with one attached hydrogen (secondary N) is 1. The van der Waals surface area contributed by atoms with Gasteiger partial charge in [0.15, 0.2) is 0 Å². The number of para-hydroxylation sites is 1. The van der Waals surface area contributed by atoms with E-state index in [4.69, 9.17) is 0 Å². The molecule has 2 fully saturated rings. The van der Waals surface area contributed by atoms with E-state index in [0.29, 0.717) is 25.9 Å². The fraction of sp³-hybridized carbons (Fsp3) is 0.579. The van der Waals surface area contributed by atoms with Crippen molar-refractivity contribution in [3.8, 4) is 0 Å². The van der Waals surface area contributed by atoms with Gasteiger partial charge in [0.05, 0.1) is 11.4 Å². The maximum absolute atomic E-state index is 12.7. The summed E-state index contributed by atoms with van der Waals surface area (Å²) in [6, 6.07) is 7.05. The zero-order chi connectivity index (χ0) is 19.0. The Labute approximate surface area is 159 Å². The van der Waals surface area contributed by atoms with Crippen molar-refractivity contribution in [3.63, 3.8) is 0 Å². The Bertz CT molecular complexity index is 850. The van der Waals surface area contributed by atoms with Crippen molar-refractivity contribution in [2.45, 2.75) is 38.1 Å². The molecule has 146 valence electrons. The highest BCUT2D eigenvalue weighted by Gasteiger charge is 2.40. The van der Waals surface area contributed by atoms with E-state index in [0.717, 1.165) is 30.5 Å². The second kappa shape index (κ2) is 7.14. The van der Waals surface area contributed by atoms with E-state index in [2.05, 4.69) is 5.32 Å². The average molecular weight is 391 g/mol. The van der Waals surface area contributed by atoms with Crippen LogP contribution in [0, 0.1) is 5.92 Å². The third-order valence-corrected chi connectivity index (χ3v) is 7.38. The first-order chi connectivity index (χ1) is 13.0. The number of anilines is 1. The van der Waals surface area contributed by atoms with Crippen LogP contribution in [0.2, 0.25) is 0 Å². The molecule has 4 rings (SSSR count). The highest BCUT2D eigenvalue weighted by molar-refractivity contribution is 7.92. The van der Waals surface area contributed by atoms with E-state index in [1.807, 2.05) is 24.3 Å². The summed E-state index contributed by atoms with van der Waals surface area (Å²) in [6.45, 7) is 1.12. The number of amides is 2. The largest absolute Gasteiger partial charge is 0.353 e. The van der Waals surface area contributed by atoms with Crippen molar-refractivity contribution in [2.24, 2.45) is 5.92 Å². The van der Waals surface area contributed by atoms with Crippen LogP contribution in [-0.2, 0) is 26.0 Å². The number of fused-ring (bicyclic) bond motifs is 1. The molecular formula is C19H25N3O4S. The zero-order valence-corrected chi connectivity index (χ0v) is 16.1. The van der Waals surface area contributed by atoms with Gasteiger partial charge in [-0.25, -0.2) is 8.42 Å². The lowest BCUT2D eigenvalue weighted by molar-refractivity contribution is -0.139. The van der Waals surface area contributed by atoms with Gasteiger partial charge in [-0.1, -0.05) is 18.2 Å². The lowest BCUT2D eigenvalue weighted by Crippen LogP contribution is -2.47. The van der Waals surface area contributed by atoms with Crippen LogP contribution in [-0.4, -0.2) is 56.6 Å². The van der Waals surface area contributed by atoms with Crippen molar-refractivity contribution in [3.05, 3.63) is 29.8 Å². The van der Waals surface area contributed by atoms with Gasteiger partial charge in [0.2, 0.25) is 21.8 Å². The first-order valence-electron chi connectivity index (χ1n) is 9.64. The summed E-state index contributed by atoms with van der Waals surface area (Å²) in [5.74, 6) is -0.211. The number of carbonyl (C=O) groups is 2. The molecule has 0 aromatic heterocycles. The molecule has 1 N–H and O–H groups in total. The second-order valence-electron chi connectivity index (χ2n) is 7.52. The van der Waals surface area contributed by atoms with Crippen LogP contribution in [0.1, 0.15) is 31.2 Å². The fourth-order valence-corrected chi connectivity index (χ4v) is 5.42. The Morgan fingerprint density at radius 1 is 1.11 bits per heavy atom. The molecule has 1 unspecified atom stereocenters. The monoisotopic (exact) mass is 391 g/mol. The average Bonchev–Trinajstić information content (AvgIpc) is 3.21. The number of nitrogens with zero attached hydrogens (tertiary/aromatic N) is 2. The molecule has 7 nitrogen and oxygen atoms in total. The van der Waals surface area contributed by atoms with Gasteiger partial charge in [0, 0.05) is 25.6 Å². The predicted octanol–water partition coefficient (Wildman–Crippen LogP) is 0.896. The molecule has 1 atom stereocenters. The van der Waals surface area contributed by atoms with Gasteiger partial charge in [-0.05, 0) is 43.7 Å². The molecule has 1 saturated carbocycles. The molecule has 0 spiro atoms. The van der Waals surface area contributed by atoms with Crippen molar-refractivity contribution in [1.29, 1.82) is 0 Å². The number of sulfonamides is 1. The third kappa shape index (κ3) is 3.67. The van der Waals surface area contributed by atoms with E-state index in [-0.39, 0.29) is 30.0 Å². The fourth-order valence-electron chi connectivity index (χ4n) is 4.00. The molecule has 1 saturated heterocycles. The minimum Gasteiger partial charge on any atom is -0.353 e. The second-order valence-corrected chi connectivity index (χ2v) is 9.53. The maximum Gasteiger partial charge on any atom is 0.242 e. The number of carbonyl (C=O) groups excluding carboxylic acids is 2. The molecule has 2 aliphatic heterocycles. The highest BCUT2D eigenvalue weighted by atomic mass is 32.2. The van der Waals surface area contributed by atoms with E-state index in [9.17, 15) is 18.0 Å². The molecular weight excluding hydrogens is 366 g/mol. The highest BCUT2D eigenvalue weighted by Crippen LogP contribution is 2.33. The number of rotatable bonds is 6.